The van der Waals surface area contributed by atoms with E-state index in [-0.39, 0.29) is 0 Å². The van der Waals surface area contributed by atoms with Gasteiger partial charge >= 0.3 is 5.97 Å². The number of aryl methyl sites for hydroxylation is 1. The van der Waals surface area contributed by atoms with E-state index < -0.39 is 5.97 Å². The monoisotopic (exact) mass is 270 g/mol. The summed E-state index contributed by atoms with van der Waals surface area (Å²) in [7, 11) is 0. The van der Waals surface area contributed by atoms with Crippen LogP contribution in [-0.2, 0) is 0 Å². The first kappa shape index (κ1) is 9.68. The van der Waals surface area contributed by atoms with Gasteiger partial charge in [-0.1, -0.05) is 12.1 Å². The van der Waals surface area contributed by atoms with E-state index in [0.717, 1.165) is 15.6 Å². The van der Waals surface area contributed by atoms with Crippen molar-refractivity contribution in [2.24, 2.45) is 0 Å². The molecular weight excluding hydrogens is 264 g/mol. The van der Waals surface area contributed by atoms with E-state index in [0.29, 0.717) is 9.35 Å². The first-order valence-electron chi connectivity index (χ1n) is 4.01. The molecule has 1 aromatic heterocycles. The molecule has 0 bridgehead atoms. The van der Waals surface area contributed by atoms with Crippen LogP contribution in [0.5, 0.6) is 0 Å². The van der Waals surface area contributed by atoms with Gasteiger partial charge in [0.25, 0.3) is 0 Å². The smallest absolute Gasteiger partial charge is 0.347 e. The molecular formula is C10H7BrO2S. The number of fused-ring (bicyclic) bond motifs is 1. The molecule has 0 fully saturated rings. The van der Waals surface area contributed by atoms with E-state index in [4.69, 9.17) is 5.11 Å². The number of carboxylic acids is 1. The predicted octanol–water partition coefficient (Wildman–Crippen LogP) is 3.67. The van der Waals surface area contributed by atoms with Crippen molar-refractivity contribution in [3.05, 3.63) is 33.1 Å². The summed E-state index contributed by atoms with van der Waals surface area (Å²) in [6, 6.07) is 5.92. The van der Waals surface area contributed by atoms with Gasteiger partial charge in [-0.05, 0) is 34.5 Å². The Labute approximate surface area is 93.3 Å². The van der Waals surface area contributed by atoms with Gasteiger partial charge in [0, 0.05) is 10.1 Å². The molecule has 2 aromatic rings. The number of aromatic carboxylic acids is 1. The van der Waals surface area contributed by atoms with E-state index in [1.54, 1.807) is 0 Å². The quantitative estimate of drug-likeness (QED) is 0.859. The highest BCUT2D eigenvalue weighted by Gasteiger charge is 2.15. The lowest BCUT2D eigenvalue weighted by Crippen LogP contribution is -1.91. The Morgan fingerprint density at radius 3 is 2.86 bits per heavy atom. The lowest BCUT2D eigenvalue weighted by Gasteiger charge is -1.92. The fourth-order valence-electron chi connectivity index (χ4n) is 1.31. The molecule has 0 atom stereocenters. The second-order valence-corrected chi connectivity index (χ2v) is 4.90. The molecule has 0 radical (unpaired) electrons. The Kier molecular flexibility index (Phi) is 2.33. The minimum atomic E-state index is -0.879. The van der Waals surface area contributed by atoms with Gasteiger partial charge in [0.05, 0.1) is 4.47 Å². The molecule has 2 rings (SSSR count). The second-order valence-electron chi connectivity index (χ2n) is 3.05. The van der Waals surface area contributed by atoms with Gasteiger partial charge in [-0.25, -0.2) is 4.79 Å². The van der Waals surface area contributed by atoms with Crippen molar-refractivity contribution >= 4 is 43.3 Å². The van der Waals surface area contributed by atoms with Crippen LogP contribution in [0.1, 0.15) is 15.2 Å². The van der Waals surface area contributed by atoms with Gasteiger partial charge in [0.1, 0.15) is 4.88 Å². The fourth-order valence-corrected chi connectivity index (χ4v) is 3.23. The molecule has 4 heteroatoms. The number of halogens is 1. The van der Waals surface area contributed by atoms with Crippen molar-refractivity contribution in [3.8, 4) is 0 Å². The van der Waals surface area contributed by atoms with Crippen LogP contribution < -0.4 is 0 Å². The number of benzene rings is 1. The van der Waals surface area contributed by atoms with Gasteiger partial charge in [0.2, 0.25) is 0 Å². The van der Waals surface area contributed by atoms with Gasteiger partial charge in [0.15, 0.2) is 0 Å². The Morgan fingerprint density at radius 1 is 1.50 bits per heavy atom. The minimum Gasteiger partial charge on any atom is -0.477 e. The SMILES string of the molecule is Cc1ccc2c(Br)c(C(=O)O)sc2c1. The molecule has 0 spiro atoms. The summed E-state index contributed by atoms with van der Waals surface area (Å²) in [4.78, 5) is 11.2. The largest absolute Gasteiger partial charge is 0.477 e. The van der Waals surface area contributed by atoms with Crippen molar-refractivity contribution < 1.29 is 9.90 Å². The summed E-state index contributed by atoms with van der Waals surface area (Å²) in [5.41, 5.74) is 1.14. The third kappa shape index (κ3) is 1.44. The van der Waals surface area contributed by atoms with E-state index in [9.17, 15) is 4.79 Å². The van der Waals surface area contributed by atoms with Crippen LogP contribution in [0, 0.1) is 6.92 Å². The molecule has 14 heavy (non-hydrogen) atoms. The van der Waals surface area contributed by atoms with Crippen LogP contribution >= 0.6 is 27.3 Å². The number of rotatable bonds is 1. The maximum atomic E-state index is 10.9. The Balaban J connectivity index is 2.79. The van der Waals surface area contributed by atoms with Crippen LogP contribution in [-0.4, -0.2) is 11.1 Å². The van der Waals surface area contributed by atoms with Crippen LogP contribution in [0.25, 0.3) is 10.1 Å². The maximum Gasteiger partial charge on any atom is 0.347 e. The normalized spacial score (nSPS) is 10.7. The summed E-state index contributed by atoms with van der Waals surface area (Å²) < 4.78 is 1.69. The van der Waals surface area contributed by atoms with Crippen LogP contribution in [0.4, 0.5) is 0 Å². The topological polar surface area (TPSA) is 37.3 Å². The standard InChI is InChI=1S/C10H7BrO2S/c1-5-2-3-6-7(4-5)14-9(8(6)11)10(12)13/h2-4H,1H3,(H,12,13). The molecule has 0 aliphatic heterocycles. The van der Waals surface area contributed by atoms with E-state index in [1.165, 1.54) is 11.3 Å². The zero-order valence-corrected chi connectivity index (χ0v) is 9.78. The lowest BCUT2D eigenvalue weighted by atomic mass is 10.2. The fraction of sp³-hybridized carbons (Fsp3) is 0.100. The van der Waals surface area contributed by atoms with Gasteiger partial charge in [-0.15, -0.1) is 11.3 Å². The molecule has 0 unspecified atom stereocenters. The van der Waals surface area contributed by atoms with Crippen molar-refractivity contribution in [1.82, 2.24) is 0 Å². The molecule has 0 saturated heterocycles. The van der Waals surface area contributed by atoms with E-state index in [1.807, 2.05) is 25.1 Å². The minimum absolute atomic E-state index is 0.366. The van der Waals surface area contributed by atoms with E-state index >= 15 is 0 Å². The molecule has 2 nitrogen and oxygen atoms in total. The average molecular weight is 271 g/mol. The number of thiophene rings is 1. The summed E-state index contributed by atoms with van der Waals surface area (Å²) in [5.74, 6) is -0.879. The number of carboxylic acid groups (broad SMARTS) is 1. The Hall–Kier alpha value is -0.870. The first-order chi connectivity index (χ1) is 6.59. The molecule has 0 aliphatic rings. The van der Waals surface area contributed by atoms with E-state index in [2.05, 4.69) is 15.9 Å². The molecule has 0 amide bonds. The molecule has 1 aromatic carbocycles. The lowest BCUT2D eigenvalue weighted by molar-refractivity contribution is 0.0701. The summed E-state index contributed by atoms with van der Waals surface area (Å²) in [5, 5.41) is 9.89. The number of carbonyl (C=O) groups is 1. The number of hydrogen-bond acceptors (Lipinski definition) is 2. The summed E-state index contributed by atoms with van der Waals surface area (Å²) in [6.07, 6.45) is 0. The van der Waals surface area contributed by atoms with Crippen LogP contribution in [0.2, 0.25) is 0 Å². The predicted molar refractivity (Wildman–Crippen MR) is 61.2 cm³/mol. The summed E-state index contributed by atoms with van der Waals surface area (Å²) in [6.45, 7) is 1.99. The van der Waals surface area contributed by atoms with Gasteiger partial charge in [-0.2, -0.15) is 0 Å². The molecule has 72 valence electrons. The third-order valence-electron chi connectivity index (χ3n) is 1.98. The average Bonchev–Trinajstić information content (AvgIpc) is 2.43. The number of hydrogen-bond donors (Lipinski definition) is 1. The zero-order chi connectivity index (χ0) is 10.3. The Bertz CT molecular complexity index is 516. The van der Waals surface area contributed by atoms with Crippen LogP contribution in [0.15, 0.2) is 22.7 Å². The second kappa shape index (κ2) is 3.37. The molecule has 0 aliphatic carbocycles. The van der Waals surface area contributed by atoms with Gasteiger partial charge in [-0.3, -0.25) is 0 Å². The van der Waals surface area contributed by atoms with Crippen molar-refractivity contribution in [3.63, 3.8) is 0 Å². The first-order valence-corrected chi connectivity index (χ1v) is 5.62. The van der Waals surface area contributed by atoms with Gasteiger partial charge < -0.3 is 5.11 Å². The van der Waals surface area contributed by atoms with Crippen LogP contribution in [0.3, 0.4) is 0 Å². The van der Waals surface area contributed by atoms with Crippen molar-refractivity contribution in [2.45, 2.75) is 6.92 Å². The van der Waals surface area contributed by atoms with Crippen molar-refractivity contribution in [2.75, 3.05) is 0 Å². The highest BCUT2D eigenvalue weighted by Crippen LogP contribution is 2.35. The Morgan fingerprint density at radius 2 is 2.21 bits per heavy atom. The molecule has 1 N–H and O–H groups in total. The molecule has 0 saturated carbocycles. The maximum absolute atomic E-state index is 10.9. The highest BCUT2D eigenvalue weighted by atomic mass is 79.9. The highest BCUT2D eigenvalue weighted by molar-refractivity contribution is 9.10. The third-order valence-corrected chi connectivity index (χ3v) is 4.21. The van der Waals surface area contributed by atoms with Crippen molar-refractivity contribution in [1.29, 1.82) is 0 Å². The molecule has 1 heterocycles. The summed E-state index contributed by atoms with van der Waals surface area (Å²) >= 11 is 4.61. The zero-order valence-electron chi connectivity index (χ0n) is 7.37.